The lowest BCUT2D eigenvalue weighted by molar-refractivity contribution is -0.138. The van der Waals surface area contributed by atoms with Crippen LogP contribution in [0.4, 0.5) is 5.69 Å². The third-order valence-electron chi connectivity index (χ3n) is 4.51. The SMILES string of the molecule is COc1cc(C(C(C)C)C(Nc2ccccc2)C(=O)O)cc(OC)c1OC. The molecule has 0 radical (unpaired) electrons. The van der Waals surface area contributed by atoms with E-state index in [1.165, 1.54) is 7.11 Å². The van der Waals surface area contributed by atoms with Gasteiger partial charge in [0.1, 0.15) is 6.04 Å². The first kappa shape index (κ1) is 20.4. The fourth-order valence-electron chi connectivity index (χ4n) is 3.28. The quantitative estimate of drug-likeness (QED) is 0.691. The number of hydrogen-bond donors (Lipinski definition) is 2. The standard InChI is InChI=1S/C21H27NO5/c1-13(2)18(19(21(23)24)22-15-9-7-6-8-10-15)14-11-16(25-3)20(27-5)17(12-14)26-4/h6-13,18-19,22H,1-5H3,(H,23,24). The number of methoxy groups -OCH3 is 3. The minimum Gasteiger partial charge on any atom is -0.493 e. The summed E-state index contributed by atoms with van der Waals surface area (Å²) >= 11 is 0. The number of carboxylic acid groups (broad SMARTS) is 1. The van der Waals surface area contributed by atoms with Crippen LogP contribution in [0, 0.1) is 5.92 Å². The zero-order valence-electron chi connectivity index (χ0n) is 16.4. The average Bonchev–Trinajstić information content (AvgIpc) is 2.66. The molecule has 27 heavy (non-hydrogen) atoms. The number of nitrogens with one attached hydrogen (secondary N) is 1. The van der Waals surface area contributed by atoms with E-state index in [0.29, 0.717) is 17.2 Å². The largest absolute Gasteiger partial charge is 0.493 e. The van der Waals surface area contributed by atoms with Crippen LogP contribution in [-0.2, 0) is 4.79 Å². The minimum atomic E-state index is -0.925. The molecule has 0 heterocycles. The second-order valence-corrected chi connectivity index (χ2v) is 6.55. The van der Waals surface area contributed by atoms with Crippen molar-refractivity contribution in [3.05, 3.63) is 48.0 Å². The molecule has 2 unspecified atom stereocenters. The van der Waals surface area contributed by atoms with Gasteiger partial charge in [-0.05, 0) is 35.7 Å². The summed E-state index contributed by atoms with van der Waals surface area (Å²) in [5.74, 6) is 0.282. The fraction of sp³-hybridized carbons (Fsp3) is 0.381. The molecule has 0 spiro atoms. The molecule has 2 rings (SSSR count). The molecule has 2 aromatic rings. The van der Waals surface area contributed by atoms with Gasteiger partial charge in [0, 0.05) is 11.6 Å². The number of rotatable bonds is 9. The molecule has 0 aliphatic heterocycles. The van der Waals surface area contributed by atoms with Crippen LogP contribution in [0.2, 0.25) is 0 Å². The second-order valence-electron chi connectivity index (χ2n) is 6.55. The van der Waals surface area contributed by atoms with Crippen molar-refractivity contribution < 1.29 is 24.1 Å². The van der Waals surface area contributed by atoms with E-state index in [1.54, 1.807) is 14.2 Å². The van der Waals surface area contributed by atoms with Crippen LogP contribution in [0.15, 0.2) is 42.5 Å². The lowest BCUT2D eigenvalue weighted by atomic mass is 9.82. The van der Waals surface area contributed by atoms with Crippen LogP contribution in [-0.4, -0.2) is 38.4 Å². The first-order chi connectivity index (χ1) is 12.9. The summed E-state index contributed by atoms with van der Waals surface area (Å²) in [4.78, 5) is 12.1. The van der Waals surface area contributed by atoms with Crippen LogP contribution >= 0.6 is 0 Å². The summed E-state index contributed by atoms with van der Waals surface area (Å²) in [6.07, 6.45) is 0. The molecule has 2 N–H and O–H groups in total. The molecule has 0 aromatic heterocycles. The number of para-hydroxylation sites is 1. The normalized spacial score (nSPS) is 13.0. The van der Waals surface area contributed by atoms with Crippen LogP contribution < -0.4 is 19.5 Å². The molecule has 0 fully saturated rings. The monoisotopic (exact) mass is 373 g/mol. The first-order valence-electron chi connectivity index (χ1n) is 8.77. The molecule has 0 saturated heterocycles. The molecule has 6 nitrogen and oxygen atoms in total. The van der Waals surface area contributed by atoms with E-state index in [-0.39, 0.29) is 11.8 Å². The van der Waals surface area contributed by atoms with E-state index in [4.69, 9.17) is 14.2 Å². The molecule has 6 heteroatoms. The Kier molecular flexibility index (Phi) is 6.93. The highest BCUT2D eigenvalue weighted by molar-refractivity contribution is 5.79. The van der Waals surface area contributed by atoms with Gasteiger partial charge in [-0.1, -0.05) is 32.0 Å². The Bertz CT molecular complexity index is 735. The topological polar surface area (TPSA) is 77.0 Å². The van der Waals surface area contributed by atoms with Gasteiger partial charge in [0.2, 0.25) is 5.75 Å². The Morgan fingerprint density at radius 1 is 0.963 bits per heavy atom. The van der Waals surface area contributed by atoms with E-state index >= 15 is 0 Å². The summed E-state index contributed by atoms with van der Waals surface area (Å²) in [6, 6.07) is 12.1. The molecule has 2 aromatic carbocycles. The molecule has 146 valence electrons. The van der Waals surface area contributed by atoms with Gasteiger partial charge >= 0.3 is 5.97 Å². The molecule has 0 amide bonds. The predicted octanol–water partition coefficient (Wildman–Crippen LogP) is 4.02. The van der Waals surface area contributed by atoms with Gasteiger partial charge in [-0.2, -0.15) is 0 Å². The highest BCUT2D eigenvalue weighted by Crippen LogP contribution is 2.42. The summed E-state index contributed by atoms with van der Waals surface area (Å²) in [7, 11) is 4.63. The van der Waals surface area contributed by atoms with E-state index in [2.05, 4.69) is 5.32 Å². The number of aliphatic carboxylic acids is 1. The van der Waals surface area contributed by atoms with Gasteiger partial charge in [0.25, 0.3) is 0 Å². The second kappa shape index (κ2) is 9.16. The number of carbonyl (C=O) groups is 1. The molecule has 2 atom stereocenters. The smallest absolute Gasteiger partial charge is 0.326 e. The molecule has 0 aliphatic carbocycles. The summed E-state index contributed by atoms with van der Waals surface area (Å²) in [5, 5.41) is 13.1. The van der Waals surface area contributed by atoms with Gasteiger partial charge in [0.05, 0.1) is 21.3 Å². The van der Waals surface area contributed by atoms with Crippen molar-refractivity contribution >= 4 is 11.7 Å². The van der Waals surface area contributed by atoms with Gasteiger partial charge in [-0.25, -0.2) is 4.79 Å². The lowest BCUT2D eigenvalue weighted by Crippen LogP contribution is -2.38. The van der Waals surface area contributed by atoms with Crippen molar-refractivity contribution in [2.45, 2.75) is 25.8 Å². The first-order valence-corrected chi connectivity index (χ1v) is 8.77. The molecule has 0 bridgehead atoms. The zero-order chi connectivity index (χ0) is 20.0. The van der Waals surface area contributed by atoms with Gasteiger partial charge in [-0.3, -0.25) is 0 Å². The van der Waals surface area contributed by atoms with Gasteiger partial charge in [0.15, 0.2) is 11.5 Å². The predicted molar refractivity (Wildman–Crippen MR) is 105 cm³/mol. The highest BCUT2D eigenvalue weighted by atomic mass is 16.5. The number of anilines is 1. The third kappa shape index (κ3) is 4.64. The Balaban J connectivity index is 2.52. The van der Waals surface area contributed by atoms with Crippen molar-refractivity contribution in [2.75, 3.05) is 26.6 Å². The van der Waals surface area contributed by atoms with Crippen LogP contribution in [0.5, 0.6) is 17.2 Å². The molecule has 0 saturated carbocycles. The summed E-state index contributed by atoms with van der Waals surface area (Å²) < 4.78 is 16.2. The Morgan fingerprint density at radius 2 is 1.52 bits per heavy atom. The molecular formula is C21H27NO5. The number of carboxylic acids is 1. The van der Waals surface area contributed by atoms with E-state index < -0.39 is 12.0 Å². The number of ether oxygens (including phenoxy) is 3. The Morgan fingerprint density at radius 3 is 1.93 bits per heavy atom. The maximum absolute atomic E-state index is 12.1. The number of hydrogen-bond acceptors (Lipinski definition) is 5. The van der Waals surface area contributed by atoms with Gasteiger partial charge in [-0.15, -0.1) is 0 Å². The van der Waals surface area contributed by atoms with E-state index in [9.17, 15) is 9.90 Å². The van der Waals surface area contributed by atoms with Gasteiger partial charge < -0.3 is 24.6 Å². The maximum atomic E-state index is 12.1. The van der Waals surface area contributed by atoms with E-state index in [0.717, 1.165) is 11.3 Å². The van der Waals surface area contributed by atoms with Crippen molar-refractivity contribution in [3.8, 4) is 17.2 Å². The van der Waals surface area contributed by atoms with Crippen LogP contribution in [0.25, 0.3) is 0 Å². The third-order valence-corrected chi connectivity index (χ3v) is 4.51. The van der Waals surface area contributed by atoms with Crippen molar-refractivity contribution in [1.29, 1.82) is 0 Å². The molecular weight excluding hydrogens is 346 g/mol. The van der Waals surface area contributed by atoms with Crippen LogP contribution in [0.1, 0.15) is 25.3 Å². The van der Waals surface area contributed by atoms with E-state index in [1.807, 2.05) is 56.3 Å². The summed E-state index contributed by atoms with van der Waals surface area (Å²) in [5.41, 5.74) is 1.55. The summed E-state index contributed by atoms with van der Waals surface area (Å²) in [6.45, 7) is 3.99. The van der Waals surface area contributed by atoms with Crippen LogP contribution in [0.3, 0.4) is 0 Å². The Hall–Kier alpha value is -2.89. The Labute approximate surface area is 160 Å². The maximum Gasteiger partial charge on any atom is 0.326 e. The van der Waals surface area contributed by atoms with Crippen molar-refractivity contribution in [3.63, 3.8) is 0 Å². The van der Waals surface area contributed by atoms with Crippen molar-refractivity contribution in [1.82, 2.24) is 0 Å². The average molecular weight is 373 g/mol. The highest BCUT2D eigenvalue weighted by Gasteiger charge is 2.33. The zero-order valence-corrected chi connectivity index (χ0v) is 16.4. The lowest BCUT2D eigenvalue weighted by Gasteiger charge is -2.30. The van der Waals surface area contributed by atoms with Crippen molar-refractivity contribution in [2.24, 2.45) is 5.92 Å². The fourth-order valence-corrected chi connectivity index (χ4v) is 3.28. The number of benzene rings is 2. The minimum absolute atomic E-state index is 0.0464. The molecule has 0 aliphatic rings.